The summed E-state index contributed by atoms with van der Waals surface area (Å²) in [5, 5.41) is 0.665. The van der Waals surface area contributed by atoms with Crippen LogP contribution in [0.5, 0.6) is 0 Å². The molecule has 0 fully saturated rings. The Morgan fingerprint density at radius 3 is 2.03 bits per heavy atom. The molecule has 2 aromatic carbocycles. The Bertz CT molecular complexity index is 1320. The third-order valence-corrected chi connectivity index (χ3v) is 10.3. The minimum Gasteiger partial charge on any atom is -0.302 e. The van der Waals surface area contributed by atoms with E-state index in [4.69, 9.17) is 4.98 Å². The van der Waals surface area contributed by atoms with Gasteiger partial charge in [0.2, 0.25) is 10.0 Å². The average molecular weight is 573 g/mol. The number of anilines is 1. The molecule has 0 aliphatic carbocycles. The molecule has 0 N–H and O–H groups in total. The second-order valence-corrected chi connectivity index (χ2v) is 12.9. The van der Waals surface area contributed by atoms with E-state index in [1.807, 2.05) is 0 Å². The number of thiazole rings is 1. The van der Waals surface area contributed by atoms with Crippen LogP contribution in [-0.4, -0.2) is 67.8 Å². The molecular weight excluding hydrogens is 528 g/mol. The molecule has 1 aromatic heterocycles. The van der Waals surface area contributed by atoms with E-state index in [1.165, 1.54) is 16.9 Å². The van der Waals surface area contributed by atoms with Gasteiger partial charge < -0.3 is 4.90 Å². The molecule has 0 aliphatic rings. The minimum atomic E-state index is -3.62. The van der Waals surface area contributed by atoms with Crippen LogP contribution in [0.2, 0.25) is 0 Å². The number of nitrogens with zero attached hydrogens (tertiary/aromatic N) is 4. The molecule has 214 valence electrons. The molecule has 1 heterocycles. The van der Waals surface area contributed by atoms with Crippen molar-refractivity contribution in [2.45, 2.75) is 72.1 Å². The Hall–Kier alpha value is -2.33. The van der Waals surface area contributed by atoms with Gasteiger partial charge in [0.15, 0.2) is 5.13 Å². The first-order chi connectivity index (χ1) is 18.7. The van der Waals surface area contributed by atoms with Gasteiger partial charge in [-0.15, -0.1) is 0 Å². The van der Waals surface area contributed by atoms with E-state index in [2.05, 4.69) is 58.6 Å². The van der Waals surface area contributed by atoms with Gasteiger partial charge in [-0.2, -0.15) is 4.31 Å². The number of benzene rings is 2. The van der Waals surface area contributed by atoms with Gasteiger partial charge in [0.1, 0.15) is 0 Å². The predicted octanol–water partition coefficient (Wildman–Crippen LogP) is 6.49. The molecule has 0 saturated heterocycles. The molecule has 0 spiro atoms. The number of amides is 1. The highest BCUT2D eigenvalue weighted by Gasteiger charge is 2.26. The summed E-state index contributed by atoms with van der Waals surface area (Å²) < 4.78 is 29.4. The first-order valence-electron chi connectivity index (χ1n) is 14.2. The van der Waals surface area contributed by atoms with Crippen molar-refractivity contribution in [3.05, 3.63) is 53.1 Å². The highest BCUT2D eigenvalue weighted by atomic mass is 32.2. The lowest BCUT2D eigenvalue weighted by atomic mass is 10.1. The molecule has 39 heavy (non-hydrogen) atoms. The Kier molecular flexibility index (Phi) is 11.5. The summed E-state index contributed by atoms with van der Waals surface area (Å²) in [5.41, 5.74) is 3.67. The van der Waals surface area contributed by atoms with Crippen LogP contribution in [0.25, 0.3) is 10.2 Å². The standard InChI is InChI=1S/C30H44N4O3S2/c1-7-11-19-33(20-12-8-2)39(36,37)26-16-14-25(15-17-26)29(35)34(22-21-32(9-3)10-4)30-31-28-24(6)23(5)13-18-27(28)38-30/h13-18H,7-12,19-22H2,1-6H3. The summed E-state index contributed by atoms with van der Waals surface area (Å²) in [5.74, 6) is -0.173. The van der Waals surface area contributed by atoms with Crippen LogP contribution in [0, 0.1) is 13.8 Å². The molecule has 7 nitrogen and oxygen atoms in total. The van der Waals surface area contributed by atoms with Gasteiger partial charge in [0.25, 0.3) is 5.91 Å². The van der Waals surface area contributed by atoms with E-state index >= 15 is 0 Å². The number of sulfonamides is 1. The van der Waals surface area contributed by atoms with Gasteiger partial charge in [-0.25, -0.2) is 13.4 Å². The molecule has 3 aromatic rings. The average Bonchev–Trinajstić information content (AvgIpc) is 3.37. The first-order valence-corrected chi connectivity index (χ1v) is 16.4. The molecule has 0 atom stereocenters. The number of aryl methyl sites for hydroxylation is 2. The van der Waals surface area contributed by atoms with Gasteiger partial charge in [-0.05, 0) is 81.2 Å². The summed E-state index contributed by atoms with van der Waals surface area (Å²) in [7, 11) is -3.62. The lowest BCUT2D eigenvalue weighted by molar-refractivity contribution is 0.0983. The Balaban J connectivity index is 1.93. The highest BCUT2D eigenvalue weighted by Crippen LogP contribution is 2.33. The number of rotatable bonds is 15. The number of carbonyl (C=O) groups excluding carboxylic acids is 1. The molecule has 0 radical (unpaired) electrons. The van der Waals surface area contributed by atoms with Gasteiger partial charge in [0, 0.05) is 31.7 Å². The van der Waals surface area contributed by atoms with Crippen LogP contribution >= 0.6 is 11.3 Å². The number of aromatic nitrogens is 1. The minimum absolute atomic E-state index is 0.173. The lowest BCUT2D eigenvalue weighted by Gasteiger charge is -2.25. The van der Waals surface area contributed by atoms with E-state index in [0.717, 1.165) is 61.1 Å². The SMILES string of the molecule is CCCCN(CCCC)S(=O)(=O)c1ccc(C(=O)N(CCN(CC)CC)c2nc3c(C)c(C)ccc3s2)cc1. The second kappa shape index (κ2) is 14.3. The maximum Gasteiger partial charge on any atom is 0.260 e. The van der Waals surface area contributed by atoms with Crippen molar-refractivity contribution in [1.29, 1.82) is 0 Å². The highest BCUT2D eigenvalue weighted by molar-refractivity contribution is 7.89. The van der Waals surface area contributed by atoms with Crippen LogP contribution < -0.4 is 4.90 Å². The second-order valence-electron chi connectivity index (χ2n) is 9.97. The number of carbonyl (C=O) groups is 1. The Morgan fingerprint density at radius 1 is 0.846 bits per heavy atom. The van der Waals surface area contributed by atoms with Gasteiger partial charge in [0.05, 0.1) is 15.1 Å². The zero-order chi connectivity index (χ0) is 28.6. The van der Waals surface area contributed by atoms with Crippen LogP contribution in [0.3, 0.4) is 0 Å². The number of fused-ring (bicyclic) bond motifs is 1. The third-order valence-electron chi connectivity index (χ3n) is 7.35. The molecule has 0 aliphatic heterocycles. The summed E-state index contributed by atoms with van der Waals surface area (Å²) >= 11 is 1.52. The van der Waals surface area contributed by atoms with E-state index in [-0.39, 0.29) is 10.8 Å². The largest absolute Gasteiger partial charge is 0.302 e. The van der Waals surface area contributed by atoms with Crippen molar-refractivity contribution in [2.24, 2.45) is 0 Å². The summed E-state index contributed by atoms with van der Waals surface area (Å²) in [6.07, 6.45) is 3.50. The zero-order valence-electron chi connectivity index (χ0n) is 24.4. The van der Waals surface area contributed by atoms with E-state index in [0.29, 0.717) is 30.3 Å². The Morgan fingerprint density at radius 2 is 1.46 bits per heavy atom. The van der Waals surface area contributed by atoms with Crippen molar-refractivity contribution in [2.75, 3.05) is 44.2 Å². The maximum absolute atomic E-state index is 13.9. The topological polar surface area (TPSA) is 73.8 Å². The van der Waals surface area contributed by atoms with E-state index < -0.39 is 10.0 Å². The van der Waals surface area contributed by atoms with Gasteiger partial charge in [-0.1, -0.05) is 57.9 Å². The number of hydrogen-bond acceptors (Lipinski definition) is 6. The van der Waals surface area contributed by atoms with E-state index in [9.17, 15) is 13.2 Å². The molecular formula is C30H44N4O3S2. The fraction of sp³-hybridized carbons (Fsp3) is 0.533. The molecule has 0 saturated carbocycles. The predicted molar refractivity (Wildman–Crippen MR) is 164 cm³/mol. The molecule has 9 heteroatoms. The van der Waals surface area contributed by atoms with Crippen LogP contribution in [0.15, 0.2) is 41.3 Å². The number of likely N-dealkylation sites (N-methyl/N-ethyl adjacent to an activating group) is 1. The number of hydrogen-bond donors (Lipinski definition) is 0. The maximum atomic E-state index is 13.9. The molecule has 1 amide bonds. The quantitative estimate of drug-likeness (QED) is 0.208. The first kappa shape index (κ1) is 31.2. The summed E-state index contributed by atoms with van der Waals surface area (Å²) in [6.45, 7) is 16.5. The molecule has 0 unspecified atom stereocenters. The van der Waals surface area contributed by atoms with Crippen molar-refractivity contribution >= 4 is 42.6 Å². The van der Waals surface area contributed by atoms with E-state index in [1.54, 1.807) is 33.5 Å². The van der Waals surface area contributed by atoms with Gasteiger partial charge >= 0.3 is 0 Å². The van der Waals surface area contributed by atoms with Crippen LogP contribution in [0.4, 0.5) is 5.13 Å². The van der Waals surface area contributed by atoms with Crippen molar-refractivity contribution in [1.82, 2.24) is 14.2 Å². The normalized spacial score (nSPS) is 12.1. The van der Waals surface area contributed by atoms with Crippen LogP contribution in [0.1, 0.15) is 74.9 Å². The fourth-order valence-corrected chi connectivity index (χ4v) is 7.06. The lowest BCUT2D eigenvalue weighted by Crippen LogP contribution is -2.39. The molecule has 3 rings (SSSR count). The van der Waals surface area contributed by atoms with Crippen molar-refractivity contribution in [3.63, 3.8) is 0 Å². The van der Waals surface area contributed by atoms with Crippen LogP contribution in [-0.2, 0) is 10.0 Å². The monoisotopic (exact) mass is 572 g/mol. The smallest absolute Gasteiger partial charge is 0.260 e. The zero-order valence-corrected chi connectivity index (χ0v) is 26.0. The third kappa shape index (κ3) is 7.45. The Labute approximate surface area is 238 Å². The number of unbranched alkanes of at least 4 members (excludes halogenated alkanes) is 2. The summed E-state index contributed by atoms with van der Waals surface area (Å²) in [4.78, 5) is 23.0. The summed E-state index contributed by atoms with van der Waals surface area (Å²) in [6, 6.07) is 10.6. The van der Waals surface area contributed by atoms with Crippen molar-refractivity contribution in [3.8, 4) is 0 Å². The fourth-order valence-electron chi connectivity index (χ4n) is 4.49. The van der Waals surface area contributed by atoms with Gasteiger partial charge in [-0.3, -0.25) is 9.69 Å². The van der Waals surface area contributed by atoms with Crippen molar-refractivity contribution < 1.29 is 13.2 Å². The molecule has 0 bridgehead atoms.